The minimum atomic E-state index is -0.926. The number of hydrogen-bond acceptors (Lipinski definition) is 8. The van der Waals surface area contributed by atoms with E-state index in [0.29, 0.717) is 0 Å². The first-order valence-electron chi connectivity index (χ1n) is 6.94. The van der Waals surface area contributed by atoms with Crippen LogP contribution in [-0.4, -0.2) is 36.4 Å². The van der Waals surface area contributed by atoms with Gasteiger partial charge in [-0.15, -0.1) is 0 Å². The van der Waals surface area contributed by atoms with E-state index in [0.717, 1.165) is 12.1 Å². The van der Waals surface area contributed by atoms with E-state index < -0.39 is 46.4 Å². The molecule has 0 aromatic heterocycles. The summed E-state index contributed by atoms with van der Waals surface area (Å²) in [6.07, 6.45) is -1.17. The smallest absolute Gasteiger partial charge is 0.201 e. The lowest BCUT2D eigenvalue weighted by Crippen LogP contribution is -2.21. The third-order valence-electron chi connectivity index (χ3n) is 3.98. The van der Waals surface area contributed by atoms with Crippen molar-refractivity contribution in [3.8, 4) is 40.2 Å². The van der Waals surface area contributed by atoms with Crippen molar-refractivity contribution in [3.05, 3.63) is 28.8 Å². The molecule has 126 valence electrons. The van der Waals surface area contributed by atoms with Crippen LogP contribution in [0.2, 0.25) is 0 Å². The van der Waals surface area contributed by atoms with Gasteiger partial charge < -0.3 is 35.4 Å². The van der Waals surface area contributed by atoms with E-state index in [1.165, 1.54) is 6.92 Å². The van der Waals surface area contributed by atoms with Gasteiger partial charge in [0, 0.05) is 11.1 Å². The number of phenols is 6. The second-order valence-corrected chi connectivity index (χ2v) is 5.52. The molecule has 0 saturated heterocycles. The van der Waals surface area contributed by atoms with Gasteiger partial charge in [0.05, 0.1) is 6.42 Å². The SMILES string of the molecule is Cc1c(O)c(O)c(O)c2c1O[C@H](c1cc(O)c(O)c(O)c1)CC2=O. The molecule has 2 aromatic carbocycles. The highest BCUT2D eigenvalue weighted by Gasteiger charge is 2.35. The molecule has 24 heavy (non-hydrogen) atoms. The Labute approximate surface area is 135 Å². The number of rotatable bonds is 1. The van der Waals surface area contributed by atoms with Crippen LogP contribution in [0.3, 0.4) is 0 Å². The standard InChI is InChI=1S/C16H14O8/c1-5-12(20)15(23)14(22)11-7(17)4-10(24-16(5)11)6-2-8(18)13(21)9(19)3-6/h2-3,10,18-23H,4H2,1H3/t10-/m0/s1. The topological polar surface area (TPSA) is 148 Å². The summed E-state index contributed by atoms with van der Waals surface area (Å²) in [5, 5.41) is 57.9. The highest BCUT2D eigenvalue weighted by Crippen LogP contribution is 2.51. The predicted molar refractivity (Wildman–Crippen MR) is 79.9 cm³/mol. The van der Waals surface area contributed by atoms with Crippen molar-refractivity contribution in [3.63, 3.8) is 0 Å². The zero-order valence-electron chi connectivity index (χ0n) is 12.4. The number of phenolic OH excluding ortho intramolecular Hbond substituents is 6. The molecule has 0 bridgehead atoms. The van der Waals surface area contributed by atoms with Gasteiger partial charge in [0.1, 0.15) is 17.4 Å². The number of carbonyl (C=O) groups excluding carboxylic acids is 1. The maximum atomic E-state index is 12.3. The first-order valence-corrected chi connectivity index (χ1v) is 6.94. The van der Waals surface area contributed by atoms with Gasteiger partial charge in [-0.25, -0.2) is 0 Å². The summed E-state index contributed by atoms with van der Waals surface area (Å²) in [6, 6.07) is 2.26. The number of ketones is 1. The molecule has 0 amide bonds. The van der Waals surface area contributed by atoms with Crippen LogP contribution in [0.1, 0.15) is 34.0 Å². The number of hydrogen-bond donors (Lipinski definition) is 6. The number of benzene rings is 2. The van der Waals surface area contributed by atoms with Crippen LogP contribution in [-0.2, 0) is 0 Å². The lowest BCUT2D eigenvalue weighted by molar-refractivity contribution is 0.0840. The second kappa shape index (κ2) is 5.12. The maximum absolute atomic E-state index is 12.3. The van der Waals surface area contributed by atoms with E-state index in [9.17, 15) is 35.4 Å². The number of aromatic hydroxyl groups is 6. The number of carbonyl (C=O) groups is 1. The van der Waals surface area contributed by atoms with Gasteiger partial charge in [-0.05, 0) is 19.1 Å². The van der Waals surface area contributed by atoms with E-state index in [4.69, 9.17) is 4.74 Å². The van der Waals surface area contributed by atoms with Crippen molar-refractivity contribution in [1.82, 2.24) is 0 Å². The van der Waals surface area contributed by atoms with E-state index in [1.54, 1.807) is 0 Å². The van der Waals surface area contributed by atoms with Crippen LogP contribution >= 0.6 is 0 Å². The Kier molecular flexibility index (Phi) is 3.33. The second-order valence-electron chi connectivity index (χ2n) is 5.52. The Morgan fingerprint density at radius 3 is 2.08 bits per heavy atom. The van der Waals surface area contributed by atoms with Crippen molar-refractivity contribution in [2.75, 3.05) is 0 Å². The van der Waals surface area contributed by atoms with Gasteiger partial charge in [0.25, 0.3) is 0 Å². The van der Waals surface area contributed by atoms with Crippen LogP contribution in [0.15, 0.2) is 12.1 Å². The molecular formula is C16H14O8. The first kappa shape index (κ1) is 15.6. The molecule has 0 radical (unpaired) electrons. The maximum Gasteiger partial charge on any atom is 0.201 e. The molecule has 0 aliphatic carbocycles. The minimum absolute atomic E-state index is 0.0607. The van der Waals surface area contributed by atoms with Gasteiger partial charge in [0.15, 0.2) is 34.5 Å². The highest BCUT2D eigenvalue weighted by molar-refractivity contribution is 6.04. The van der Waals surface area contributed by atoms with Crippen molar-refractivity contribution < 1.29 is 40.2 Å². The molecule has 2 aromatic rings. The predicted octanol–water partition coefficient (Wildman–Crippen LogP) is 1.94. The van der Waals surface area contributed by atoms with Crippen molar-refractivity contribution in [2.45, 2.75) is 19.4 Å². The number of fused-ring (bicyclic) bond motifs is 1. The summed E-state index contributed by atoms with van der Waals surface area (Å²) in [5.41, 5.74) is 0.0325. The van der Waals surface area contributed by atoms with Crippen LogP contribution in [0.25, 0.3) is 0 Å². The van der Waals surface area contributed by atoms with Crippen LogP contribution in [0.5, 0.6) is 40.2 Å². The summed E-state index contributed by atoms with van der Waals surface area (Å²) >= 11 is 0. The summed E-state index contributed by atoms with van der Waals surface area (Å²) in [4.78, 5) is 12.3. The van der Waals surface area contributed by atoms with E-state index in [2.05, 4.69) is 0 Å². The number of ether oxygens (including phenoxy) is 1. The summed E-state index contributed by atoms with van der Waals surface area (Å²) in [5.74, 6) is -4.71. The number of Topliss-reactive ketones (excluding diaryl/α,β-unsaturated/α-hetero) is 1. The summed E-state index contributed by atoms with van der Waals surface area (Å²) in [7, 11) is 0. The van der Waals surface area contributed by atoms with Crippen molar-refractivity contribution in [1.29, 1.82) is 0 Å². The molecule has 0 saturated carbocycles. The summed E-state index contributed by atoms with van der Waals surface area (Å²) < 4.78 is 5.63. The monoisotopic (exact) mass is 334 g/mol. The third-order valence-corrected chi connectivity index (χ3v) is 3.98. The fourth-order valence-electron chi connectivity index (χ4n) is 2.67. The molecule has 1 heterocycles. The minimum Gasteiger partial charge on any atom is -0.504 e. The molecule has 1 atom stereocenters. The first-order chi connectivity index (χ1) is 11.2. The highest BCUT2D eigenvalue weighted by atomic mass is 16.5. The molecule has 1 aliphatic heterocycles. The van der Waals surface area contributed by atoms with E-state index in [1.807, 2.05) is 0 Å². The van der Waals surface area contributed by atoms with Crippen molar-refractivity contribution in [2.24, 2.45) is 0 Å². The Bertz CT molecular complexity index is 848. The molecule has 8 nitrogen and oxygen atoms in total. The zero-order chi connectivity index (χ0) is 17.8. The molecular weight excluding hydrogens is 320 g/mol. The molecule has 0 unspecified atom stereocenters. The van der Waals surface area contributed by atoms with Crippen LogP contribution < -0.4 is 4.74 Å². The van der Waals surface area contributed by atoms with E-state index in [-0.39, 0.29) is 28.9 Å². The quantitative estimate of drug-likeness (QED) is 0.433. The molecule has 1 aliphatic rings. The van der Waals surface area contributed by atoms with Gasteiger partial charge >= 0.3 is 0 Å². The summed E-state index contributed by atoms with van der Waals surface area (Å²) in [6.45, 7) is 1.40. The van der Waals surface area contributed by atoms with Crippen LogP contribution in [0.4, 0.5) is 0 Å². The normalized spacial score (nSPS) is 16.5. The molecule has 6 N–H and O–H groups in total. The molecule has 0 fully saturated rings. The Balaban J connectivity index is 2.12. The molecule has 0 spiro atoms. The lowest BCUT2D eigenvalue weighted by Gasteiger charge is -2.28. The average Bonchev–Trinajstić information content (AvgIpc) is 2.54. The van der Waals surface area contributed by atoms with Gasteiger partial charge in [-0.1, -0.05) is 0 Å². The van der Waals surface area contributed by atoms with Gasteiger partial charge in [-0.3, -0.25) is 4.79 Å². The molecule has 8 heteroatoms. The Morgan fingerprint density at radius 2 is 1.50 bits per heavy atom. The fraction of sp³-hybridized carbons (Fsp3) is 0.188. The van der Waals surface area contributed by atoms with Gasteiger partial charge in [0.2, 0.25) is 5.75 Å². The molecule has 3 rings (SSSR count). The zero-order valence-corrected chi connectivity index (χ0v) is 12.4. The third kappa shape index (κ3) is 2.11. The Morgan fingerprint density at radius 1 is 0.917 bits per heavy atom. The Hall–Kier alpha value is -3.29. The largest absolute Gasteiger partial charge is 0.504 e. The lowest BCUT2D eigenvalue weighted by atomic mass is 9.93. The van der Waals surface area contributed by atoms with E-state index >= 15 is 0 Å². The fourth-order valence-corrected chi connectivity index (χ4v) is 2.67. The average molecular weight is 334 g/mol. The van der Waals surface area contributed by atoms with Gasteiger partial charge in [-0.2, -0.15) is 0 Å². The van der Waals surface area contributed by atoms with Crippen LogP contribution in [0, 0.1) is 6.92 Å². The van der Waals surface area contributed by atoms with Crippen molar-refractivity contribution >= 4 is 5.78 Å².